The Morgan fingerprint density at radius 2 is 1.59 bits per heavy atom. The molecule has 2 aromatic carbocycles. The largest absolute Gasteiger partial charge is 0.248 e. The lowest BCUT2D eigenvalue weighted by molar-refractivity contribution is 1.50. The summed E-state index contributed by atoms with van der Waals surface area (Å²) in [7, 11) is 0. The van der Waals surface area contributed by atoms with Crippen LogP contribution in [0.25, 0.3) is 21.8 Å². The Bertz CT molecular complexity index is 737. The molecule has 1 nitrogen and oxygen atoms in total. The quantitative estimate of drug-likeness (QED) is 0.400. The summed E-state index contributed by atoms with van der Waals surface area (Å²) in [6.45, 7) is 0. The van der Waals surface area contributed by atoms with Crippen molar-refractivity contribution in [3.63, 3.8) is 0 Å². The molecule has 17 heavy (non-hydrogen) atoms. The monoisotopic (exact) mass is 281 g/mol. The number of benzene rings is 2. The molecule has 0 fully saturated rings. The van der Waals surface area contributed by atoms with Gasteiger partial charge in [-0.3, -0.25) is 0 Å². The Kier molecular flexibility index (Phi) is 2.62. The Labute approximate surface area is 113 Å². The summed E-state index contributed by atoms with van der Waals surface area (Å²) in [5.74, 6) is 0. The first-order valence-corrected chi connectivity index (χ1v) is 6.13. The van der Waals surface area contributed by atoms with Crippen molar-refractivity contribution >= 4 is 56.6 Å². The molecule has 0 bridgehead atoms. The van der Waals surface area contributed by atoms with Gasteiger partial charge in [0.05, 0.1) is 26.1 Å². The molecule has 4 heteroatoms. The van der Waals surface area contributed by atoms with Crippen LogP contribution in [0.3, 0.4) is 0 Å². The Morgan fingerprint density at radius 1 is 0.824 bits per heavy atom. The lowest BCUT2D eigenvalue weighted by atomic mass is 10.1. The van der Waals surface area contributed by atoms with Crippen molar-refractivity contribution in [1.29, 1.82) is 0 Å². The highest BCUT2D eigenvalue weighted by molar-refractivity contribution is 6.50. The van der Waals surface area contributed by atoms with Gasteiger partial charge in [-0.2, -0.15) is 0 Å². The summed E-state index contributed by atoms with van der Waals surface area (Å²) >= 11 is 18.2. The van der Waals surface area contributed by atoms with Crippen molar-refractivity contribution in [2.24, 2.45) is 0 Å². The number of halogens is 3. The number of para-hydroxylation sites is 1. The van der Waals surface area contributed by atoms with Crippen molar-refractivity contribution in [1.82, 2.24) is 4.98 Å². The normalized spacial score (nSPS) is 11.2. The molecule has 84 valence electrons. The second-order valence-corrected chi connectivity index (χ2v) is 4.90. The molecule has 0 spiro atoms. The molecule has 0 aliphatic rings. The molecule has 3 rings (SSSR count). The third-order valence-electron chi connectivity index (χ3n) is 2.66. The van der Waals surface area contributed by atoms with Crippen LogP contribution in [0.15, 0.2) is 36.4 Å². The fourth-order valence-corrected chi connectivity index (χ4v) is 2.48. The van der Waals surface area contributed by atoms with Crippen LogP contribution in [0.1, 0.15) is 0 Å². The van der Waals surface area contributed by atoms with Gasteiger partial charge in [-0.15, -0.1) is 0 Å². The summed E-state index contributed by atoms with van der Waals surface area (Å²) in [4.78, 5) is 4.51. The van der Waals surface area contributed by atoms with E-state index in [4.69, 9.17) is 34.8 Å². The van der Waals surface area contributed by atoms with E-state index in [-0.39, 0.29) is 0 Å². The highest BCUT2D eigenvalue weighted by Crippen LogP contribution is 2.37. The van der Waals surface area contributed by atoms with E-state index < -0.39 is 0 Å². The van der Waals surface area contributed by atoms with Crippen LogP contribution in [-0.2, 0) is 0 Å². The summed E-state index contributed by atoms with van der Waals surface area (Å²) < 4.78 is 0. The van der Waals surface area contributed by atoms with Gasteiger partial charge in [0.2, 0.25) is 0 Å². The van der Waals surface area contributed by atoms with Gasteiger partial charge >= 0.3 is 0 Å². The van der Waals surface area contributed by atoms with Crippen molar-refractivity contribution in [2.45, 2.75) is 0 Å². The number of fused-ring (bicyclic) bond motifs is 2. The van der Waals surface area contributed by atoms with Crippen LogP contribution in [0.2, 0.25) is 15.1 Å². The van der Waals surface area contributed by atoms with Gasteiger partial charge in [0.15, 0.2) is 0 Å². The first-order chi connectivity index (χ1) is 8.16. The van der Waals surface area contributed by atoms with E-state index in [0.717, 1.165) is 21.8 Å². The van der Waals surface area contributed by atoms with E-state index in [1.165, 1.54) is 0 Å². The number of nitrogens with zero attached hydrogens (tertiary/aromatic N) is 1. The average molecular weight is 283 g/mol. The molecule has 0 aliphatic heterocycles. The maximum absolute atomic E-state index is 6.18. The van der Waals surface area contributed by atoms with E-state index in [1.54, 1.807) is 6.07 Å². The van der Waals surface area contributed by atoms with Gasteiger partial charge in [0.25, 0.3) is 0 Å². The molecular weight excluding hydrogens is 277 g/mol. The molecular formula is C13H6Cl3N. The van der Waals surface area contributed by atoms with Crippen LogP contribution in [0.4, 0.5) is 0 Å². The fourth-order valence-electron chi connectivity index (χ4n) is 1.82. The minimum absolute atomic E-state index is 0.373. The smallest absolute Gasteiger partial charge is 0.0786 e. The molecule has 0 saturated carbocycles. The Hall–Kier alpha value is -1.02. The van der Waals surface area contributed by atoms with Crippen molar-refractivity contribution in [3.8, 4) is 0 Å². The van der Waals surface area contributed by atoms with E-state index in [0.29, 0.717) is 15.1 Å². The Balaban J connectivity index is 2.52. The summed E-state index contributed by atoms with van der Waals surface area (Å²) in [5, 5.41) is 3.09. The summed E-state index contributed by atoms with van der Waals surface area (Å²) in [6.07, 6.45) is 0. The molecule has 0 amide bonds. The summed E-state index contributed by atoms with van der Waals surface area (Å²) in [6, 6.07) is 11.5. The fraction of sp³-hybridized carbons (Fsp3) is 0. The highest BCUT2D eigenvalue weighted by Gasteiger charge is 2.10. The zero-order valence-electron chi connectivity index (χ0n) is 8.55. The van der Waals surface area contributed by atoms with E-state index in [2.05, 4.69) is 4.98 Å². The van der Waals surface area contributed by atoms with Crippen LogP contribution >= 0.6 is 34.8 Å². The van der Waals surface area contributed by atoms with Crippen molar-refractivity contribution in [2.75, 3.05) is 0 Å². The minimum atomic E-state index is 0.373. The second kappa shape index (κ2) is 4.02. The van der Waals surface area contributed by atoms with Crippen molar-refractivity contribution in [3.05, 3.63) is 51.5 Å². The van der Waals surface area contributed by atoms with Gasteiger partial charge in [0, 0.05) is 10.8 Å². The van der Waals surface area contributed by atoms with Crippen LogP contribution in [-0.4, -0.2) is 4.98 Å². The molecule has 0 N–H and O–H groups in total. The molecule has 0 unspecified atom stereocenters. The molecule has 3 aromatic rings. The first-order valence-electron chi connectivity index (χ1n) is 5.00. The number of hydrogen-bond acceptors (Lipinski definition) is 1. The lowest BCUT2D eigenvalue weighted by Crippen LogP contribution is -1.84. The summed E-state index contributed by atoms with van der Waals surface area (Å²) in [5.41, 5.74) is 1.66. The molecule has 1 heterocycles. The molecule has 0 aliphatic carbocycles. The average Bonchev–Trinajstić information content (AvgIpc) is 2.34. The van der Waals surface area contributed by atoms with Gasteiger partial charge in [0.1, 0.15) is 0 Å². The van der Waals surface area contributed by atoms with E-state index in [9.17, 15) is 0 Å². The van der Waals surface area contributed by atoms with Gasteiger partial charge in [-0.1, -0.05) is 53.0 Å². The van der Waals surface area contributed by atoms with Crippen LogP contribution < -0.4 is 0 Å². The number of hydrogen-bond donors (Lipinski definition) is 0. The third kappa shape index (κ3) is 1.75. The first kappa shape index (κ1) is 11.1. The maximum Gasteiger partial charge on any atom is 0.0786 e. The molecule has 1 aromatic heterocycles. The number of rotatable bonds is 0. The SMILES string of the molecule is Clc1cc2nc3ccccc3cc2c(Cl)c1Cl. The van der Waals surface area contributed by atoms with Crippen LogP contribution in [0, 0.1) is 0 Å². The second-order valence-electron chi connectivity index (χ2n) is 3.73. The zero-order chi connectivity index (χ0) is 12.0. The predicted octanol–water partition coefficient (Wildman–Crippen LogP) is 5.35. The number of pyridine rings is 1. The maximum atomic E-state index is 6.18. The molecule has 0 radical (unpaired) electrons. The van der Waals surface area contributed by atoms with E-state index in [1.807, 2.05) is 30.3 Å². The third-order valence-corrected chi connectivity index (χ3v) is 3.93. The predicted molar refractivity (Wildman–Crippen MR) is 74.3 cm³/mol. The zero-order valence-corrected chi connectivity index (χ0v) is 10.8. The van der Waals surface area contributed by atoms with Crippen molar-refractivity contribution < 1.29 is 0 Å². The topological polar surface area (TPSA) is 12.9 Å². The molecule has 0 atom stereocenters. The highest BCUT2D eigenvalue weighted by atomic mass is 35.5. The standard InChI is InChI=1S/C13H6Cl3N/c14-9-6-11-8(12(15)13(9)16)5-7-3-1-2-4-10(7)17-11/h1-6H. The van der Waals surface area contributed by atoms with Crippen LogP contribution in [0.5, 0.6) is 0 Å². The van der Waals surface area contributed by atoms with Gasteiger partial charge in [-0.05, 0) is 18.2 Å². The minimum Gasteiger partial charge on any atom is -0.248 e. The lowest BCUT2D eigenvalue weighted by Gasteiger charge is -2.06. The van der Waals surface area contributed by atoms with Gasteiger partial charge < -0.3 is 0 Å². The number of aromatic nitrogens is 1. The Morgan fingerprint density at radius 3 is 2.41 bits per heavy atom. The molecule has 0 saturated heterocycles. The van der Waals surface area contributed by atoms with Gasteiger partial charge in [-0.25, -0.2) is 4.98 Å². The van der Waals surface area contributed by atoms with E-state index >= 15 is 0 Å².